The second-order valence-corrected chi connectivity index (χ2v) is 8.48. The molecule has 0 aliphatic carbocycles. The van der Waals surface area contributed by atoms with E-state index in [1.165, 1.54) is 33.5 Å². The fraction of sp³-hybridized carbons (Fsp3) is 0.222. The van der Waals surface area contributed by atoms with Gasteiger partial charge in [-0.3, -0.25) is 10.1 Å². The second-order valence-electron chi connectivity index (χ2n) is 8.48. The molecule has 1 N–H and O–H groups in total. The number of carbonyl (C=O) groups is 2. The molecule has 4 rings (SSSR count). The van der Waals surface area contributed by atoms with E-state index in [1.807, 2.05) is 30.3 Å². The van der Waals surface area contributed by atoms with Crippen molar-refractivity contribution in [1.82, 2.24) is 15.1 Å². The highest BCUT2D eigenvalue weighted by molar-refractivity contribution is 6.00. The minimum atomic E-state index is -0.940. The first-order chi connectivity index (χ1) is 18.2. The smallest absolute Gasteiger partial charge is 0.336 e. The van der Waals surface area contributed by atoms with Crippen LogP contribution < -0.4 is 10.1 Å². The molecular weight excluding hydrogens is 492 g/mol. The number of nitro benzene ring substituents is 1. The number of nitrogens with zero attached hydrogens (tertiary/aromatic N) is 3. The van der Waals surface area contributed by atoms with Crippen LogP contribution in [0.25, 0.3) is 16.9 Å². The van der Waals surface area contributed by atoms with Crippen molar-refractivity contribution in [2.75, 3.05) is 21.3 Å². The van der Waals surface area contributed by atoms with Gasteiger partial charge in [0.2, 0.25) is 0 Å². The predicted octanol–water partition coefficient (Wildman–Crippen LogP) is 4.04. The van der Waals surface area contributed by atoms with Gasteiger partial charge in [-0.15, -0.1) is 0 Å². The Morgan fingerprint density at radius 2 is 1.58 bits per heavy atom. The van der Waals surface area contributed by atoms with E-state index in [2.05, 4.69) is 5.32 Å². The third-order valence-corrected chi connectivity index (χ3v) is 6.29. The number of aromatic nitrogens is 2. The van der Waals surface area contributed by atoms with Crippen molar-refractivity contribution in [3.8, 4) is 22.7 Å². The van der Waals surface area contributed by atoms with Crippen LogP contribution in [0, 0.1) is 10.1 Å². The van der Waals surface area contributed by atoms with Crippen LogP contribution in [0.5, 0.6) is 5.75 Å². The maximum atomic E-state index is 13.0. The maximum absolute atomic E-state index is 13.0. The van der Waals surface area contributed by atoms with Crippen LogP contribution in [-0.2, 0) is 19.1 Å². The van der Waals surface area contributed by atoms with Gasteiger partial charge in [0.05, 0.1) is 54.7 Å². The average Bonchev–Trinajstić information content (AvgIpc) is 3.37. The molecule has 11 heteroatoms. The van der Waals surface area contributed by atoms with E-state index in [4.69, 9.17) is 19.3 Å². The summed E-state index contributed by atoms with van der Waals surface area (Å²) in [6, 6.07) is 13.7. The van der Waals surface area contributed by atoms with Gasteiger partial charge in [-0.1, -0.05) is 18.2 Å². The normalized spacial score (nSPS) is 13.7. The Hall–Kier alpha value is -4.93. The van der Waals surface area contributed by atoms with E-state index in [1.54, 1.807) is 30.8 Å². The second kappa shape index (κ2) is 10.6. The zero-order valence-corrected chi connectivity index (χ0v) is 21.5. The molecule has 196 valence electrons. The van der Waals surface area contributed by atoms with Gasteiger partial charge in [-0.2, -0.15) is 5.10 Å². The fourth-order valence-electron chi connectivity index (χ4n) is 4.58. The molecular formula is C27H26N4O7. The Labute approximate surface area is 218 Å². The van der Waals surface area contributed by atoms with Crippen molar-refractivity contribution >= 4 is 17.6 Å². The molecule has 0 atom stereocenters. The minimum Gasteiger partial charge on any atom is -0.490 e. The first-order valence-corrected chi connectivity index (χ1v) is 11.5. The van der Waals surface area contributed by atoms with Crippen LogP contribution in [-0.4, -0.2) is 48.0 Å². The quantitative estimate of drug-likeness (QED) is 0.279. The lowest BCUT2D eigenvalue weighted by molar-refractivity contribution is -0.385. The molecule has 2 aromatic carbocycles. The molecule has 0 saturated heterocycles. The number of rotatable bonds is 7. The summed E-state index contributed by atoms with van der Waals surface area (Å²) in [7, 11) is 3.85. The highest BCUT2D eigenvalue weighted by atomic mass is 16.6. The van der Waals surface area contributed by atoms with Gasteiger partial charge in [-0.05, 0) is 38.1 Å². The lowest BCUT2D eigenvalue weighted by atomic mass is 9.79. The number of allylic oxidation sites excluding steroid dienone is 2. The van der Waals surface area contributed by atoms with Crippen LogP contribution in [0.3, 0.4) is 0 Å². The summed E-state index contributed by atoms with van der Waals surface area (Å²) in [5.74, 6) is -2.15. The lowest BCUT2D eigenvalue weighted by Gasteiger charge is -2.29. The number of dihydropyridines is 1. The number of methoxy groups -OCH3 is 3. The number of ether oxygens (including phenoxy) is 3. The highest BCUT2D eigenvalue weighted by Crippen LogP contribution is 2.44. The van der Waals surface area contributed by atoms with Crippen molar-refractivity contribution in [3.63, 3.8) is 0 Å². The van der Waals surface area contributed by atoms with E-state index in [0.717, 1.165) is 0 Å². The molecule has 2 heterocycles. The van der Waals surface area contributed by atoms with Crippen LogP contribution in [0.4, 0.5) is 5.69 Å². The topological polar surface area (TPSA) is 135 Å². The maximum Gasteiger partial charge on any atom is 0.336 e. The van der Waals surface area contributed by atoms with Gasteiger partial charge in [-0.25, -0.2) is 14.3 Å². The number of hydrogen-bond acceptors (Lipinski definition) is 9. The molecule has 0 unspecified atom stereocenters. The monoisotopic (exact) mass is 518 g/mol. The number of carbonyl (C=O) groups excluding carboxylic acids is 2. The largest absolute Gasteiger partial charge is 0.490 e. The summed E-state index contributed by atoms with van der Waals surface area (Å²) in [5, 5.41) is 19.6. The van der Waals surface area contributed by atoms with Crippen molar-refractivity contribution in [2.45, 2.75) is 19.8 Å². The molecule has 0 bridgehead atoms. The van der Waals surface area contributed by atoms with Crippen molar-refractivity contribution in [1.29, 1.82) is 0 Å². The van der Waals surface area contributed by atoms with Gasteiger partial charge in [0, 0.05) is 34.8 Å². The van der Waals surface area contributed by atoms with Gasteiger partial charge in [0.1, 0.15) is 0 Å². The van der Waals surface area contributed by atoms with Crippen molar-refractivity contribution in [2.24, 2.45) is 0 Å². The van der Waals surface area contributed by atoms with Gasteiger partial charge < -0.3 is 19.5 Å². The zero-order chi connectivity index (χ0) is 27.6. The molecule has 38 heavy (non-hydrogen) atoms. The molecule has 0 spiro atoms. The molecule has 11 nitrogen and oxygen atoms in total. The van der Waals surface area contributed by atoms with E-state index in [0.29, 0.717) is 33.9 Å². The van der Waals surface area contributed by atoms with Crippen molar-refractivity contribution in [3.05, 3.63) is 92.9 Å². The number of para-hydroxylation sites is 1. The zero-order valence-electron chi connectivity index (χ0n) is 21.5. The van der Waals surface area contributed by atoms with E-state index < -0.39 is 22.8 Å². The van der Waals surface area contributed by atoms with Gasteiger partial charge in [0.25, 0.3) is 0 Å². The minimum absolute atomic E-state index is 0.0849. The molecule has 1 aliphatic heterocycles. The molecule has 3 aromatic rings. The van der Waals surface area contributed by atoms with E-state index in [-0.39, 0.29) is 22.6 Å². The van der Waals surface area contributed by atoms with E-state index >= 15 is 0 Å². The van der Waals surface area contributed by atoms with Crippen LogP contribution >= 0.6 is 0 Å². The number of nitro groups is 1. The Morgan fingerprint density at radius 3 is 2.11 bits per heavy atom. The Kier molecular flexibility index (Phi) is 7.28. The summed E-state index contributed by atoms with van der Waals surface area (Å²) in [5.41, 5.74) is 2.99. The Bertz CT molecular complexity index is 1450. The number of hydrogen-bond donors (Lipinski definition) is 1. The fourth-order valence-corrected chi connectivity index (χ4v) is 4.58. The molecule has 1 aliphatic rings. The highest BCUT2D eigenvalue weighted by Gasteiger charge is 2.40. The Morgan fingerprint density at radius 1 is 0.974 bits per heavy atom. The first kappa shape index (κ1) is 26.1. The first-order valence-electron chi connectivity index (χ1n) is 11.5. The summed E-state index contributed by atoms with van der Waals surface area (Å²) < 4.78 is 16.9. The van der Waals surface area contributed by atoms with Gasteiger partial charge >= 0.3 is 17.6 Å². The molecule has 0 fully saturated rings. The SMILES string of the molecule is COC(=O)C1=C(C)NC(C)=C(C(=O)OC)C1c1cn(-c2ccccc2)nc1-c1ccc(OC)c([N+](=O)[O-])c1. The lowest BCUT2D eigenvalue weighted by Crippen LogP contribution is -2.32. The third-order valence-electron chi connectivity index (χ3n) is 6.29. The predicted molar refractivity (Wildman–Crippen MR) is 138 cm³/mol. The summed E-state index contributed by atoms with van der Waals surface area (Å²) >= 11 is 0. The van der Waals surface area contributed by atoms with Gasteiger partial charge in [0.15, 0.2) is 5.75 Å². The number of nitrogens with one attached hydrogen (secondary N) is 1. The molecule has 0 radical (unpaired) electrons. The Balaban J connectivity index is 2.06. The molecule has 0 saturated carbocycles. The summed E-state index contributed by atoms with van der Waals surface area (Å²) in [6.07, 6.45) is 1.70. The van der Waals surface area contributed by atoms with Crippen LogP contribution in [0.15, 0.2) is 77.3 Å². The number of esters is 2. The third kappa shape index (κ3) is 4.61. The molecule has 0 amide bonds. The molecule has 1 aromatic heterocycles. The summed E-state index contributed by atoms with van der Waals surface area (Å²) in [6.45, 7) is 3.41. The van der Waals surface area contributed by atoms with Crippen LogP contribution in [0.1, 0.15) is 25.3 Å². The standard InChI is InChI=1S/C27H26N4O7/c1-15-22(26(32)37-4)24(23(16(2)28-15)27(33)38-5)19-14-30(18-9-7-6-8-10-18)29-25(19)17-11-12-21(36-3)20(13-17)31(34)35/h6-14,24,28H,1-5H3. The van der Waals surface area contributed by atoms with Crippen molar-refractivity contribution < 1.29 is 28.7 Å². The number of benzene rings is 2. The van der Waals surface area contributed by atoms with E-state index in [9.17, 15) is 19.7 Å². The van der Waals surface area contributed by atoms with Crippen LogP contribution in [0.2, 0.25) is 0 Å². The average molecular weight is 519 g/mol. The summed E-state index contributed by atoms with van der Waals surface area (Å²) in [4.78, 5) is 37.3.